The summed E-state index contributed by atoms with van der Waals surface area (Å²) in [4.78, 5) is 8.02. The first-order chi connectivity index (χ1) is 7.83. The minimum atomic E-state index is 0.289. The average molecular weight is 282 g/mol. The Kier molecular flexibility index (Phi) is 2.07. The van der Waals surface area contributed by atoms with Crippen molar-refractivity contribution in [3.05, 3.63) is 23.1 Å². The summed E-state index contributed by atoms with van der Waals surface area (Å²) >= 11 is 3.19. The molecule has 80 valence electrons. The molecule has 0 aromatic carbocycles. The van der Waals surface area contributed by atoms with Crippen LogP contribution in [-0.2, 0) is 0 Å². The van der Waals surface area contributed by atoms with Crippen LogP contribution in [0.3, 0.4) is 0 Å². The van der Waals surface area contributed by atoms with E-state index in [0.717, 1.165) is 0 Å². The van der Waals surface area contributed by atoms with E-state index in [1.54, 1.807) is 12.1 Å². The lowest BCUT2D eigenvalue weighted by molar-refractivity contribution is 0.414. The average Bonchev–Trinajstić information content (AvgIpc) is 2.97. The molecule has 3 rings (SSSR count). The van der Waals surface area contributed by atoms with Gasteiger partial charge in [0.2, 0.25) is 5.82 Å². The Morgan fingerprint density at radius 2 is 2.25 bits per heavy atom. The first-order valence-electron chi connectivity index (χ1n) is 4.28. The molecule has 3 heterocycles. The Hall–Kier alpha value is -1.96. The first kappa shape index (κ1) is 9.28. The van der Waals surface area contributed by atoms with E-state index >= 15 is 0 Å². The second-order valence-electron chi connectivity index (χ2n) is 2.86. The third kappa shape index (κ3) is 1.52. The van der Waals surface area contributed by atoms with Crippen LogP contribution in [0.15, 0.2) is 32.1 Å². The number of nitrogens with zero attached hydrogens (tertiary/aromatic N) is 4. The fourth-order valence-corrected chi connectivity index (χ4v) is 1.47. The third-order valence-electron chi connectivity index (χ3n) is 1.84. The zero-order valence-electron chi connectivity index (χ0n) is 7.72. The maximum atomic E-state index is 5.27. The standard InChI is InChI=1S/C8H4BrN5O2/c9-5-2-1-4(15-5)8-12-7(14-16-8)6-10-3-11-13-6/h1-3H,(H,10,11,13). The van der Waals surface area contributed by atoms with Crippen LogP contribution >= 0.6 is 15.9 Å². The zero-order chi connectivity index (χ0) is 11.0. The van der Waals surface area contributed by atoms with Crippen LogP contribution in [0.25, 0.3) is 23.3 Å². The Morgan fingerprint density at radius 3 is 2.94 bits per heavy atom. The van der Waals surface area contributed by atoms with Gasteiger partial charge in [-0.2, -0.15) is 10.1 Å². The Bertz CT molecular complexity index is 600. The van der Waals surface area contributed by atoms with Crippen molar-refractivity contribution in [3.8, 4) is 23.3 Å². The van der Waals surface area contributed by atoms with Gasteiger partial charge in [0.1, 0.15) is 6.33 Å². The molecular weight excluding hydrogens is 278 g/mol. The summed E-state index contributed by atoms with van der Waals surface area (Å²) in [5.74, 6) is 1.56. The number of halogens is 1. The van der Waals surface area contributed by atoms with Crippen molar-refractivity contribution in [3.63, 3.8) is 0 Å². The molecule has 0 amide bonds. The molecule has 3 aromatic rings. The number of H-pyrrole nitrogens is 1. The minimum absolute atomic E-state index is 0.289. The van der Waals surface area contributed by atoms with Gasteiger partial charge < -0.3 is 8.94 Å². The number of nitrogens with one attached hydrogen (secondary N) is 1. The number of hydrogen-bond donors (Lipinski definition) is 1. The van der Waals surface area contributed by atoms with Crippen molar-refractivity contribution in [2.75, 3.05) is 0 Å². The van der Waals surface area contributed by atoms with Gasteiger partial charge >= 0.3 is 0 Å². The van der Waals surface area contributed by atoms with Crippen LogP contribution in [-0.4, -0.2) is 25.3 Å². The van der Waals surface area contributed by atoms with E-state index in [4.69, 9.17) is 8.94 Å². The summed E-state index contributed by atoms with van der Waals surface area (Å²) in [5, 5.41) is 10.1. The summed E-state index contributed by atoms with van der Waals surface area (Å²) in [6.07, 6.45) is 1.37. The molecule has 0 fully saturated rings. The summed E-state index contributed by atoms with van der Waals surface area (Å²) in [5.41, 5.74) is 0. The SMILES string of the molecule is Brc1ccc(-c2nc(-c3ncn[nH]3)no2)o1. The Balaban J connectivity index is 2.00. The molecule has 0 aliphatic rings. The van der Waals surface area contributed by atoms with Crippen molar-refractivity contribution in [2.45, 2.75) is 0 Å². The topological polar surface area (TPSA) is 93.6 Å². The van der Waals surface area contributed by atoms with Gasteiger partial charge in [-0.05, 0) is 28.1 Å². The van der Waals surface area contributed by atoms with Crippen LogP contribution in [0, 0.1) is 0 Å². The smallest absolute Gasteiger partial charge is 0.294 e. The molecule has 0 saturated carbocycles. The molecule has 0 unspecified atom stereocenters. The molecule has 0 atom stereocenters. The van der Waals surface area contributed by atoms with Crippen LogP contribution < -0.4 is 0 Å². The predicted molar refractivity (Wildman–Crippen MR) is 55.1 cm³/mol. The van der Waals surface area contributed by atoms with Gasteiger partial charge in [0, 0.05) is 0 Å². The van der Waals surface area contributed by atoms with E-state index < -0.39 is 0 Å². The lowest BCUT2D eigenvalue weighted by atomic mass is 10.4. The highest BCUT2D eigenvalue weighted by molar-refractivity contribution is 9.10. The summed E-state index contributed by atoms with van der Waals surface area (Å²) < 4.78 is 10.9. The number of aromatic nitrogens is 5. The van der Waals surface area contributed by atoms with Crippen LogP contribution in [0.4, 0.5) is 0 Å². The van der Waals surface area contributed by atoms with Gasteiger partial charge in [-0.3, -0.25) is 5.10 Å². The lowest BCUT2D eigenvalue weighted by Crippen LogP contribution is -1.82. The number of aromatic amines is 1. The van der Waals surface area contributed by atoms with Gasteiger partial charge in [-0.15, -0.1) is 0 Å². The lowest BCUT2D eigenvalue weighted by Gasteiger charge is -1.83. The molecule has 0 aliphatic heterocycles. The largest absolute Gasteiger partial charge is 0.444 e. The van der Waals surface area contributed by atoms with Gasteiger partial charge in [0.05, 0.1) is 0 Å². The second kappa shape index (κ2) is 3.56. The highest BCUT2D eigenvalue weighted by Crippen LogP contribution is 2.24. The fraction of sp³-hybridized carbons (Fsp3) is 0. The van der Waals surface area contributed by atoms with Gasteiger partial charge in [-0.1, -0.05) is 5.16 Å². The van der Waals surface area contributed by atoms with E-state index in [0.29, 0.717) is 22.1 Å². The van der Waals surface area contributed by atoms with E-state index in [1.165, 1.54) is 6.33 Å². The molecule has 8 heteroatoms. The third-order valence-corrected chi connectivity index (χ3v) is 2.26. The van der Waals surface area contributed by atoms with Crippen molar-refractivity contribution in [1.29, 1.82) is 0 Å². The molecule has 7 nitrogen and oxygen atoms in total. The number of hydrogen-bond acceptors (Lipinski definition) is 6. The van der Waals surface area contributed by atoms with Gasteiger partial charge in [0.15, 0.2) is 16.3 Å². The van der Waals surface area contributed by atoms with Crippen LogP contribution in [0.5, 0.6) is 0 Å². The monoisotopic (exact) mass is 281 g/mol. The molecule has 0 saturated heterocycles. The van der Waals surface area contributed by atoms with Crippen LogP contribution in [0.2, 0.25) is 0 Å². The normalized spacial score (nSPS) is 10.8. The maximum absolute atomic E-state index is 5.27. The van der Waals surface area contributed by atoms with Crippen molar-refractivity contribution >= 4 is 15.9 Å². The summed E-state index contributed by atoms with van der Waals surface area (Å²) in [6, 6.07) is 3.47. The Labute approximate surface area is 97.0 Å². The zero-order valence-corrected chi connectivity index (χ0v) is 9.30. The summed E-state index contributed by atoms with van der Waals surface area (Å²) in [6.45, 7) is 0. The first-order valence-corrected chi connectivity index (χ1v) is 5.07. The molecule has 0 spiro atoms. The van der Waals surface area contributed by atoms with Crippen molar-refractivity contribution in [1.82, 2.24) is 25.3 Å². The minimum Gasteiger partial charge on any atom is -0.444 e. The summed E-state index contributed by atoms with van der Waals surface area (Å²) in [7, 11) is 0. The molecular formula is C8H4BrN5O2. The number of rotatable bonds is 2. The van der Waals surface area contributed by atoms with Gasteiger partial charge in [-0.25, -0.2) is 4.98 Å². The van der Waals surface area contributed by atoms with E-state index in [2.05, 4.69) is 41.3 Å². The fourth-order valence-electron chi connectivity index (χ4n) is 1.16. The van der Waals surface area contributed by atoms with E-state index in [-0.39, 0.29) is 5.89 Å². The molecule has 0 bridgehead atoms. The van der Waals surface area contributed by atoms with Gasteiger partial charge in [0.25, 0.3) is 5.89 Å². The predicted octanol–water partition coefficient (Wildman–Crippen LogP) is 1.88. The molecule has 0 aliphatic carbocycles. The van der Waals surface area contributed by atoms with Crippen molar-refractivity contribution < 1.29 is 8.94 Å². The molecule has 1 N–H and O–H groups in total. The van der Waals surface area contributed by atoms with Crippen molar-refractivity contribution in [2.24, 2.45) is 0 Å². The highest BCUT2D eigenvalue weighted by atomic mass is 79.9. The molecule has 0 radical (unpaired) electrons. The van der Waals surface area contributed by atoms with E-state index in [1.807, 2.05) is 0 Å². The molecule has 3 aromatic heterocycles. The maximum Gasteiger partial charge on any atom is 0.294 e. The molecule has 16 heavy (non-hydrogen) atoms. The number of furan rings is 1. The highest BCUT2D eigenvalue weighted by Gasteiger charge is 2.14. The Morgan fingerprint density at radius 1 is 1.31 bits per heavy atom. The quantitative estimate of drug-likeness (QED) is 0.771. The van der Waals surface area contributed by atoms with E-state index in [9.17, 15) is 0 Å². The van der Waals surface area contributed by atoms with Crippen LogP contribution in [0.1, 0.15) is 0 Å². The second-order valence-corrected chi connectivity index (χ2v) is 3.64.